The molecule has 31 heavy (non-hydrogen) atoms. The summed E-state index contributed by atoms with van der Waals surface area (Å²) in [6.07, 6.45) is -0.578. The number of benzene rings is 3. The standard InChI is InChI=1S/C25H17F3N2O/c26-25(27,28)15-31-17-11-9-16(10-12-17)24(20-13-29-22-7-3-1-5-18(20)22)21-14-30-23-8-4-2-6-19(21)23/h1-14,29H,15H2. The molecule has 0 amide bonds. The third-order valence-electron chi connectivity index (χ3n) is 5.20. The van der Waals surface area contributed by atoms with Gasteiger partial charge in [0.2, 0.25) is 0 Å². The number of aromatic nitrogens is 1. The number of hydrogen-bond acceptors (Lipinski definition) is 2. The third-order valence-corrected chi connectivity index (χ3v) is 5.20. The highest BCUT2D eigenvalue weighted by atomic mass is 19.4. The van der Waals surface area contributed by atoms with Gasteiger partial charge < -0.3 is 9.72 Å². The van der Waals surface area contributed by atoms with E-state index in [1.165, 1.54) is 0 Å². The lowest BCUT2D eigenvalue weighted by Gasteiger charge is -2.13. The normalized spacial score (nSPS) is 14.7. The summed E-state index contributed by atoms with van der Waals surface area (Å²) >= 11 is 0. The predicted molar refractivity (Wildman–Crippen MR) is 117 cm³/mol. The number of ether oxygens (including phenoxy) is 1. The van der Waals surface area contributed by atoms with Crippen LogP contribution in [0.2, 0.25) is 0 Å². The van der Waals surface area contributed by atoms with Crippen LogP contribution in [0.15, 0.2) is 84.0 Å². The molecular weight excluding hydrogens is 401 g/mol. The topological polar surface area (TPSA) is 37.4 Å². The van der Waals surface area contributed by atoms with Crippen LogP contribution in [0.4, 0.5) is 18.9 Å². The van der Waals surface area contributed by atoms with Gasteiger partial charge in [0.15, 0.2) is 6.61 Å². The number of rotatable bonds is 4. The van der Waals surface area contributed by atoms with Crippen molar-refractivity contribution in [1.29, 1.82) is 0 Å². The molecule has 0 radical (unpaired) electrons. The van der Waals surface area contributed by atoms with Gasteiger partial charge in [-0.05, 0) is 29.8 Å². The Labute approximate surface area is 176 Å². The minimum Gasteiger partial charge on any atom is -0.484 e. The molecule has 0 fully saturated rings. The van der Waals surface area contributed by atoms with Crippen molar-refractivity contribution >= 4 is 34.0 Å². The Balaban J connectivity index is 1.65. The Kier molecular flexibility index (Phi) is 4.62. The molecule has 1 aromatic heterocycles. The Morgan fingerprint density at radius 3 is 2.45 bits per heavy atom. The van der Waals surface area contributed by atoms with Gasteiger partial charge in [-0.25, -0.2) is 0 Å². The average Bonchev–Trinajstić information content (AvgIpc) is 3.38. The minimum absolute atomic E-state index is 0.171. The van der Waals surface area contributed by atoms with Crippen LogP contribution in [0.25, 0.3) is 22.0 Å². The highest BCUT2D eigenvalue weighted by Crippen LogP contribution is 2.41. The van der Waals surface area contributed by atoms with Crippen molar-refractivity contribution in [2.45, 2.75) is 6.18 Å². The monoisotopic (exact) mass is 418 g/mol. The summed E-state index contributed by atoms with van der Waals surface area (Å²) in [6.45, 7) is -1.32. The first-order valence-electron chi connectivity index (χ1n) is 9.74. The van der Waals surface area contributed by atoms with Crippen molar-refractivity contribution in [3.05, 3.63) is 95.7 Å². The van der Waals surface area contributed by atoms with Gasteiger partial charge in [0, 0.05) is 45.6 Å². The molecule has 3 aromatic carbocycles. The average molecular weight is 418 g/mol. The Morgan fingerprint density at radius 1 is 0.903 bits per heavy atom. The van der Waals surface area contributed by atoms with E-state index in [0.717, 1.165) is 44.4 Å². The second-order valence-electron chi connectivity index (χ2n) is 7.24. The zero-order valence-corrected chi connectivity index (χ0v) is 16.3. The highest BCUT2D eigenvalue weighted by Gasteiger charge is 2.28. The largest absolute Gasteiger partial charge is 0.484 e. The maximum atomic E-state index is 12.5. The zero-order valence-electron chi connectivity index (χ0n) is 16.3. The van der Waals surface area contributed by atoms with E-state index in [9.17, 15) is 13.2 Å². The Hall–Kier alpha value is -3.80. The van der Waals surface area contributed by atoms with E-state index in [4.69, 9.17) is 4.74 Å². The SMILES string of the molecule is FC(F)(F)COc1ccc(C(=C2C=Nc3ccccc32)c2c[nH]c3ccccc23)cc1. The van der Waals surface area contributed by atoms with Gasteiger partial charge in [-0.15, -0.1) is 0 Å². The number of nitrogens with zero attached hydrogens (tertiary/aromatic N) is 1. The molecule has 0 aliphatic carbocycles. The van der Waals surface area contributed by atoms with E-state index in [2.05, 4.69) is 9.98 Å². The Bertz CT molecular complexity index is 1310. The molecule has 0 atom stereocenters. The van der Waals surface area contributed by atoms with E-state index in [1.54, 1.807) is 24.3 Å². The summed E-state index contributed by atoms with van der Waals surface area (Å²) in [5, 5.41) is 1.06. The molecule has 0 unspecified atom stereocenters. The van der Waals surface area contributed by atoms with Gasteiger partial charge in [0.25, 0.3) is 0 Å². The summed E-state index contributed by atoms with van der Waals surface area (Å²) in [4.78, 5) is 7.85. The van der Waals surface area contributed by atoms with Crippen LogP contribution >= 0.6 is 0 Å². The lowest BCUT2D eigenvalue weighted by molar-refractivity contribution is -0.153. The smallest absolute Gasteiger partial charge is 0.422 e. The van der Waals surface area contributed by atoms with Crippen LogP contribution in [-0.2, 0) is 0 Å². The molecule has 4 aromatic rings. The molecule has 5 rings (SSSR count). The van der Waals surface area contributed by atoms with Crippen LogP contribution in [-0.4, -0.2) is 24.0 Å². The van der Waals surface area contributed by atoms with Crippen LogP contribution < -0.4 is 4.74 Å². The molecule has 154 valence electrons. The summed E-state index contributed by atoms with van der Waals surface area (Å²) in [5.41, 5.74) is 6.68. The van der Waals surface area contributed by atoms with Crippen LogP contribution in [0.3, 0.4) is 0 Å². The summed E-state index contributed by atoms with van der Waals surface area (Å²) in [7, 11) is 0. The second kappa shape index (κ2) is 7.47. The number of nitrogens with one attached hydrogen (secondary N) is 1. The van der Waals surface area contributed by atoms with Gasteiger partial charge in [0.05, 0.1) is 5.69 Å². The van der Waals surface area contributed by atoms with Gasteiger partial charge in [-0.1, -0.05) is 48.5 Å². The van der Waals surface area contributed by atoms with E-state index in [-0.39, 0.29) is 5.75 Å². The number of halogens is 3. The van der Waals surface area contributed by atoms with Crippen molar-refractivity contribution in [3.8, 4) is 5.75 Å². The number of hydrogen-bond donors (Lipinski definition) is 1. The first-order chi connectivity index (χ1) is 15.0. The molecule has 0 saturated heterocycles. The molecule has 2 heterocycles. The van der Waals surface area contributed by atoms with Gasteiger partial charge >= 0.3 is 6.18 Å². The molecular formula is C25H17F3N2O. The van der Waals surface area contributed by atoms with Gasteiger partial charge in [-0.2, -0.15) is 13.2 Å². The lowest BCUT2D eigenvalue weighted by Crippen LogP contribution is -2.19. The van der Waals surface area contributed by atoms with Crippen LogP contribution in [0.1, 0.15) is 16.7 Å². The van der Waals surface area contributed by atoms with Crippen molar-refractivity contribution in [2.75, 3.05) is 6.61 Å². The molecule has 1 aliphatic rings. The predicted octanol–water partition coefficient (Wildman–Crippen LogP) is 6.78. The number of aromatic amines is 1. The third kappa shape index (κ3) is 3.72. The number of H-pyrrole nitrogens is 1. The van der Waals surface area contributed by atoms with E-state index in [0.29, 0.717) is 0 Å². The molecule has 0 saturated carbocycles. The summed E-state index contributed by atoms with van der Waals surface area (Å²) in [6, 6.07) is 22.6. The van der Waals surface area contributed by atoms with E-state index < -0.39 is 12.8 Å². The van der Waals surface area contributed by atoms with E-state index in [1.807, 2.05) is 60.9 Å². The van der Waals surface area contributed by atoms with Crippen molar-refractivity contribution in [3.63, 3.8) is 0 Å². The first-order valence-corrected chi connectivity index (χ1v) is 9.74. The minimum atomic E-state index is -4.38. The maximum absolute atomic E-state index is 12.5. The molecule has 0 bridgehead atoms. The fraction of sp³-hybridized carbons (Fsp3) is 0.0800. The lowest BCUT2D eigenvalue weighted by atomic mass is 9.90. The second-order valence-corrected chi connectivity index (χ2v) is 7.24. The number of para-hydroxylation sites is 2. The number of aliphatic imine (C=N–C) groups is 1. The van der Waals surface area contributed by atoms with Crippen molar-refractivity contribution < 1.29 is 17.9 Å². The molecule has 6 heteroatoms. The molecule has 3 nitrogen and oxygen atoms in total. The zero-order chi connectivity index (χ0) is 21.4. The molecule has 1 N–H and O–H groups in total. The number of fused-ring (bicyclic) bond motifs is 2. The van der Waals surface area contributed by atoms with Crippen molar-refractivity contribution in [2.24, 2.45) is 4.99 Å². The number of allylic oxidation sites excluding steroid dienone is 1. The van der Waals surface area contributed by atoms with Crippen LogP contribution in [0.5, 0.6) is 5.75 Å². The van der Waals surface area contributed by atoms with Crippen molar-refractivity contribution in [1.82, 2.24) is 4.98 Å². The highest BCUT2D eigenvalue weighted by molar-refractivity contribution is 6.27. The Morgan fingerprint density at radius 2 is 1.65 bits per heavy atom. The van der Waals surface area contributed by atoms with Gasteiger partial charge in [0.1, 0.15) is 5.75 Å². The fourth-order valence-corrected chi connectivity index (χ4v) is 3.83. The molecule has 1 aliphatic heterocycles. The van der Waals surface area contributed by atoms with Gasteiger partial charge in [-0.3, -0.25) is 4.99 Å². The quantitative estimate of drug-likeness (QED) is 0.390. The van der Waals surface area contributed by atoms with E-state index >= 15 is 0 Å². The molecule has 0 spiro atoms. The first kappa shape index (κ1) is 19.2. The maximum Gasteiger partial charge on any atom is 0.422 e. The van der Waals surface area contributed by atoms with Crippen LogP contribution in [0, 0.1) is 0 Å². The summed E-state index contributed by atoms with van der Waals surface area (Å²) < 4.78 is 42.3. The number of alkyl halides is 3. The fourth-order valence-electron chi connectivity index (χ4n) is 3.83. The summed E-state index contributed by atoms with van der Waals surface area (Å²) in [5.74, 6) is 0.171.